The van der Waals surface area contributed by atoms with E-state index in [4.69, 9.17) is 9.47 Å². The summed E-state index contributed by atoms with van der Waals surface area (Å²) in [6, 6.07) is 15.4. The summed E-state index contributed by atoms with van der Waals surface area (Å²) in [6.45, 7) is 2.79. The van der Waals surface area contributed by atoms with Crippen LogP contribution < -0.4 is 5.32 Å². The fraction of sp³-hybridized carbons (Fsp3) is 0.444. The topological polar surface area (TPSA) is 105 Å². The first-order valence-corrected chi connectivity index (χ1v) is 12.2. The molecule has 1 aliphatic carbocycles. The average molecular weight is 479 g/mol. The van der Waals surface area contributed by atoms with Gasteiger partial charge in [0.15, 0.2) is 5.60 Å². The number of nitrogens with zero attached hydrogens (tertiary/aromatic N) is 1. The molecule has 2 aromatic carbocycles. The molecule has 2 fully saturated rings. The van der Waals surface area contributed by atoms with Gasteiger partial charge in [-0.15, -0.1) is 0 Å². The Kier molecular flexibility index (Phi) is 6.23. The highest BCUT2D eigenvalue weighted by molar-refractivity contribution is 5.88. The van der Waals surface area contributed by atoms with Crippen LogP contribution in [0.4, 0.5) is 4.79 Å². The smallest absolute Gasteiger partial charge is 0.407 e. The third-order valence-electron chi connectivity index (χ3n) is 7.54. The zero-order valence-electron chi connectivity index (χ0n) is 19.7. The van der Waals surface area contributed by atoms with E-state index in [1.807, 2.05) is 31.2 Å². The summed E-state index contributed by atoms with van der Waals surface area (Å²) in [7, 11) is 0. The summed E-state index contributed by atoms with van der Waals surface area (Å²) in [5.74, 6) is -1.63. The number of carboxylic acids is 1. The molecule has 8 heteroatoms. The lowest BCUT2D eigenvalue weighted by Gasteiger charge is -2.26. The maximum Gasteiger partial charge on any atom is 0.407 e. The largest absolute Gasteiger partial charge is 0.479 e. The number of carbonyl (C=O) groups excluding carboxylic acids is 2. The van der Waals surface area contributed by atoms with Crippen molar-refractivity contribution in [1.82, 2.24) is 10.2 Å². The third-order valence-corrected chi connectivity index (χ3v) is 7.54. The number of nitrogens with one attached hydrogen (secondary N) is 1. The Morgan fingerprint density at radius 3 is 2.40 bits per heavy atom. The van der Waals surface area contributed by atoms with Crippen molar-refractivity contribution in [2.45, 2.75) is 43.7 Å². The van der Waals surface area contributed by atoms with Gasteiger partial charge in [0.05, 0.1) is 6.54 Å². The van der Waals surface area contributed by atoms with Crippen LogP contribution in [0.25, 0.3) is 11.1 Å². The number of likely N-dealkylation sites (tertiary alicyclic amines) is 1. The zero-order valence-corrected chi connectivity index (χ0v) is 19.7. The molecule has 0 saturated carbocycles. The van der Waals surface area contributed by atoms with Crippen molar-refractivity contribution in [2.24, 2.45) is 5.92 Å². The molecule has 35 heavy (non-hydrogen) atoms. The number of rotatable bonds is 7. The summed E-state index contributed by atoms with van der Waals surface area (Å²) in [5.41, 5.74) is 3.18. The maximum atomic E-state index is 13.3. The predicted octanol–water partition coefficient (Wildman–Crippen LogP) is 3.40. The Bertz CT molecular complexity index is 1100. The lowest BCUT2D eigenvalue weighted by molar-refractivity contribution is -0.161. The Morgan fingerprint density at radius 1 is 1.14 bits per heavy atom. The van der Waals surface area contributed by atoms with Crippen molar-refractivity contribution in [3.63, 3.8) is 0 Å². The van der Waals surface area contributed by atoms with Crippen LogP contribution in [0.1, 0.15) is 43.2 Å². The van der Waals surface area contributed by atoms with Crippen LogP contribution in [-0.2, 0) is 19.1 Å². The fourth-order valence-electron chi connectivity index (χ4n) is 5.78. The normalized spacial score (nSPS) is 23.3. The highest BCUT2D eigenvalue weighted by atomic mass is 16.5. The van der Waals surface area contributed by atoms with Crippen LogP contribution in [0.3, 0.4) is 0 Å². The standard InChI is InChI=1S/C27H30N2O6/c1-2-7-23(24(30)29-14-17-12-13-35-27(17,16-29)25(31)32)28-26(33)34-15-22-20-10-5-3-8-18(20)19-9-4-6-11-21(19)22/h3-6,8-11,17,22-23H,2,7,12-16H2,1H3,(H,28,33)(H,31,32)/t17?,23-,27?/m0/s1. The van der Waals surface area contributed by atoms with Gasteiger partial charge in [0.1, 0.15) is 12.6 Å². The first-order valence-electron chi connectivity index (χ1n) is 12.2. The van der Waals surface area contributed by atoms with Crippen molar-refractivity contribution >= 4 is 18.0 Å². The van der Waals surface area contributed by atoms with Gasteiger partial charge in [-0.25, -0.2) is 9.59 Å². The number of carbonyl (C=O) groups is 3. The van der Waals surface area contributed by atoms with Crippen LogP contribution in [0.5, 0.6) is 0 Å². The molecule has 8 nitrogen and oxygen atoms in total. The number of hydrogen-bond acceptors (Lipinski definition) is 5. The zero-order chi connectivity index (χ0) is 24.6. The summed E-state index contributed by atoms with van der Waals surface area (Å²) in [6.07, 6.45) is 1.07. The van der Waals surface area contributed by atoms with Gasteiger partial charge in [0, 0.05) is 25.0 Å². The molecule has 2 aliphatic heterocycles. The van der Waals surface area contributed by atoms with E-state index < -0.39 is 23.7 Å². The summed E-state index contributed by atoms with van der Waals surface area (Å²) >= 11 is 0. The van der Waals surface area contributed by atoms with Crippen LogP contribution in [0, 0.1) is 5.92 Å². The molecule has 2 amide bonds. The average Bonchev–Trinajstić information content (AvgIpc) is 3.52. The van der Waals surface area contributed by atoms with Crippen LogP contribution in [0.15, 0.2) is 48.5 Å². The second kappa shape index (κ2) is 9.34. The molecule has 0 spiro atoms. The van der Waals surface area contributed by atoms with E-state index in [0.29, 0.717) is 32.4 Å². The molecule has 3 atom stereocenters. The van der Waals surface area contributed by atoms with Gasteiger partial charge < -0.3 is 24.8 Å². The lowest BCUT2D eigenvalue weighted by atomic mass is 9.91. The van der Waals surface area contributed by atoms with Crippen LogP contribution >= 0.6 is 0 Å². The highest BCUT2D eigenvalue weighted by Gasteiger charge is 2.58. The van der Waals surface area contributed by atoms with E-state index in [2.05, 4.69) is 29.6 Å². The van der Waals surface area contributed by atoms with E-state index in [1.165, 1.54) is 4.90 Å². The Morgan fingerprint density at radius 2 is 1.80 bits per heavy atom. The van der Waals surface area contributed by atoms with E-state index in [9.17, 15) is 19.5 Å². The van der Waals surface area contributed by atoms with Crippen molar-refractivity contribution in [3.8, 4) is 11.1 Å². The van der Waals surface area contributed by atoms with E-state index in [0.717, 1.165) is 22.3 Å². The van der Waals surface area contributed by atoms with Crippen molar-refractivity contribution in [2.75, 3.05) is 26.3 Å². The Balaban J connectivity index is 1.24. The minimum atomic E-state index is -1.34. The molecular weight excluding hydrogens is 448 g/mol. The van der Waals surface area contributed by atoms with Gasteiger partial charge in [-0.1, -0.05) is 61.9 Å². The minimum Gasteiger partial charge on any atom is -0.479 e. The number of aliphatic carboxylic acids is 1. The number of carboxylic acid groups (broad SMARTS) is 1. The SMILES string of the molecule is CCC[C@H](NC(=O)OCC1c2ccccc2-c2ccccc21)C(=O)N1CC2CCOC2(C(=O)O)C1. The monoisotopic (exact) mass is 478 g/mol. The van der Waals surface area contributed by atoms with E-state index >= 15 is 0 Å². The van der Waals surface area contributed by atoms with Gasteiger partial charge in [-0.05, 0) is 35.1 Å². The number of hydrogen-bond donors (Lipinski definition) is 2. The summed E-state index contributed by atoms with van der Waals surface area (Å²) in [5, 5.41) is 12.5. The number of amides is 2. The van der Waals surface area contributed by atoms with Crippen LogP contribution in [-0.4, -0.2) is 65.9 Å². The molecular formula is C27H30N2O6. The predicted molar refractivity (Wildman–Crippen MR) is 128 cm³/mol. The molecule has 3 aliphatic rings. The maximum absolute atomic E-state index is 13.3. The number of fused-ring (bicyclic) bond motifs is 4. The van der Waals surface area contributed by atoms with E-state index in [-0.39, 0.29) is 30.9 Å². The molecule has 2 N–H and O–H groups in total. The van der Waals surface area contributed by atoms with Gasteiger partial charge in [0.2, 0.25) is 5.91 Å². The second-order valence-electron chi connectivity index (χ2n) is 9.56. The molecule has 2 unspecified atom stereocenters. The van der Waals surface area contributed by atoms with Crippen molar-refractivity contribution < 1.29 is 29.0 Å². The molecule has 0 aromatic heterocycles. The van der Waals surface area contributed by atoms with Gasteiger partial charge in [-0.2, -0.15) is 0 Å². The molecule has 0 bridgehead atoms. The van der Waals surface area contributed by atoms with Gasteiger partial charge in [-0.3, -0.25) is 4.79 Å². The quantitative estimate of drug-likeness (QED) is 0.632. The molecule has 2 aromatic rings. The molecule has 184 valence electrons. The fourth-order valence-corrected chi connectivity index (χ4v) is 5.78. The van der Waals surface area contributed by atoms with Crippen LogP contribution in [0.2, 0.25) is 0 Å². The Hall–Kier alpha value is -3.39. The molecule has 5 rings (SSSR count). The number of ether oxygens (including phenoxy) is 2. The lowest BCUT2D eigenvalue weighted by Crippen LogP contribution is -2.50. The van der Waals surface area contributed by atoms with E-state index in [1.54, 1.807) is 0 Å². The van der Waals surface area contributed by atoms with Gasteiger partial charge in [0.25, 0.3) is 0 Å². The molecule has 2 saturated heterocycles. The third kappa shape index (κ3) is 4.05. The summed E-state index contributed by atoms with van der Waals surface area (Å²) < 4.78 is 11.2. The van der Waals surface area contributed by atoms with Gasteiger partial charge >= 0.3 is 12.1 Å². The molecule has 2 heterocycles. The number of alkyl carbamates (subject to hydrolysis) is 1. The first-order chi connectivity index (χ1) is 16.9. The van der Waals surface area contributed by atoms with Crippen molar-refractivity contribution in [3.05, 3.63) is 59.7 Å². The first kappa shape index (κ1) is 23.4. The molecule has 0 radical (unpaired) electrons. The highest BCUT2D eigenvalue weighted by Crippen LogP contribution is 2.44. The summed E-state index contributed by atoms with van der Waals surface area (Å²) in [4.78, 5) is 39.4. The number of benzene rings is 2. The Labute approximate surface area is 204 Å². The minimum absolute atomic E-state index is 0.00157. The second-order valence-corrected chi connectivity index (χ2v) is 9.56. The van der Waals surface area contributed by atoms with Crippen molar-refractivity contribution in [1.29, 1.82) is 0 Å².